The van der Waals surface area contributed by atoms with Crippen molar-refractivity contribution >= 4 is 21.8 Å². The third kappa shape index (κ3) is 7.99. The Kier molecular flexibility index (Phi) is 11.7. The average Bonchev–Trinajstić information content (AvgIpc) is 2.03. The quantitative estimate of drug-likeness (QED) is 0.120. The summed E-state index contributed by atoms with van der Waals surface area (Å²) in [7, 11) is 0. The zero-order valence-electron chi connectivity index (χ0n) is 45.9. The highest BCUT2D eigenvalue weighted by atomic mass is 15.0. The Morgan fingerprint density at radius 3 is 1.54 bits per heavy atom. The Hall–Kier alpha value is -10.3. The van der Waals surface area contributed by atoms with Crippen molar-refractivity contribution in [2.24, 2.45) is 0 Å². The van der Waals surface area contributed by atoms with E-state index in [1.165, 1.54) is 139 Å². The van der Waals surface area contributed by atoms with Crippen molar-refractivity contribution in [2.75, 3.05) is 0 Å². The molecule has 0 spiro atoms. The molecule has 390 valence electrons. The maximum absolute atomic E-state index is 2.53. The van der Waals surface area contributed by atoms with Crippen LogP contribution in [-0.2, 0) is 11.8 Å². The molecule has 0 saturated carbocycles. The summed E-state index contributed by atoms with van der Waals surface area (Å²) in [6.07, 6.45) is 0.868. The lowest BCUT2D eigenvalue weighted by atomic mass is 9.67. The largest absolute Gasteiger partial charge is 0.309 e. The van der Waals surface area contributed by atoms with Crippen LogP contribution in [0.5, 0.6) is 0 Å². The summed E-state index contributed by atoms with van der Waals surface area (Å²) < 4.78 is 2.53. The highest BCUT2D eigenvalue weighted by molar-refractivity contribution is 6.09. The van der Waals surface area contributed by atoms with Crippen molar-refractivity contribution in [3.8, 4) is 61.3 Å². The van der Waals surface area contributed by atoms with Gasteiger partial charge in [0.15, 0.2) is 0 Å². The van der Waals surface area contributed by atoms with Crippen LogP contribution in [0.4, 0.5) is 0 Å². The van der Waals surface area contributed by atoms with Gasteiger partial charge in [0, 0.05) is 28.3 Å². The molecule has 2 aliphatic carbocycles. The fourth-order valence-electron chi connectivity index (χ4n) is 14.5. The number of rotatable bonds is 10. The molecule has 2 atom stereocenters. The predicted molar refractivity (Wildman–Crippen MR) is 346 cm³/mol. The van der Waals surface area contributed by atoms with Gasteiger partial charge < -0.3 is 4.57 Å². The first kappa shape index (κ1) is 48.6. The van der Waals surface area contributed by atoms with Crippen LogP contribution in [0.2, 0.25) is 0 Å². The SMILES string of the molecule is c1ccc(-c2ccc(C3Cc4cc(-c5cccc6c5-c5ccccc5C6(c5ccccc5)c5ccccc5)ccc4-c4ccc(-n5c6ccccc6c6ccc(C(c7ccccc7)c7ccc(-c8ccccc8)cc7)cc65)cc43)cc2)cc1. The number of nitrogens with zero attached hydrogens (tertiary/aromatic N) is 1. The van der Waals surface area contributed by atoms with Crippen LogP contribution < -0.4 is 0 Å². The van der Waals surface area contributed by atoms with Gasteiger partial charge in [-0.05, 0) is 142 Å². The molecule has 14 aromatic rings. The van der Waals surface area contributed by atoms with Gasteiger partial charge in [-0.1, -0.05) is 297 Å². The first-order valence-corrected chi connectivity index (χ1v) is 29.2. The summed E-state index contributed by atoms with van der Waals surface area (Å²) >= 11 is 0. The molecule has 2 unspecified atom stereocenters. The molecule has 16 rings (SSSR count). The molecule has 0 amide bonds. The second-order valence-electron chi connectivity index (χ2n) is 22.6. The Balaban J connectivity index is 0.856. The normalized spacial score (nSPS) is 14.1. The van der Waals surface area contributed by atoms with Crippen LogP contribution in [0.15, 0.2) is 322 Å². The second-order valence-corrected chi connectivity index (χ2v) is 22.6. The number of hydrogen-bond donors (Lipinski definition) is 0. The van der Waals surface area contributed by atoms with Crippen LogP contribution in [0.3, 0.4) is 0 Å². The molecule has 1 aromatic heterocycles. The fraction of sp³-hybridized carbons (Fsp3) is 0.0488. The van der Waals surface area contributed by atoms with Crippen molar-refractivity contribution in [2.45, 2.75) is 23.7 Å². The van der Waals surface area contributed by atoms with E-state index in [0.717, 1.165) is 6.42 Å². The van der Waals surface area contributed by atoms with E-state index >= 15 is 0 Å². The number of benzene rings is 13. The molecule has 0 radical (unpaired) electrons. The Morgan fingerprint density at radius 1 is 0.325 bits per heavy atom. The van der Waals surface area contributed by atoms with E-state index in [2.05, 4.69) is 326 Å². The van der Waals surface area contributed by atoms with E-state index in [4.69, 9.17) is 0 Å². The summed E-state index contributed by atoms with van der Waals surface area (Å²) in [6.45, 7) is 0. The highest BCUT2D eigenvalue weighted by Crippen LogP contribution is 2.59. The van der Waals surface area contributed by atoms with Crippen molar-refractivity contribution in [1.82, 2.24) is 4.57 Å². The Labute approximate surface area is 485 Å². The summed E-state index contributed by atoms with van der Waals surface area (Å²) in [6, 6.07) is 120. The minimum absolute atomic E-state index is 0.0343. The van der Waals surface area contributed by atoms with Gasteiger partial charge in [-0.2, -0.15) is 0 Å². The zero-order chi connectivity index (χ0) is 54.8. The van der Waals surface area contributed by atoms with Gasteiger partial charge in [0.25, 0.3) is 0 Å². The number of hydrogen-bond acceptors (Lipinski definition) is 0. The molecule has 0 bridgehead atoms. The molecule has 13 aromatic carbocycles. The van der Waals surface area contributed by atoms with Gasteiger partial charge in [-0.3, -0.25) is 0 Å². The minimum atomic E-state index is -0.469. The number of para-hydroxylation sites is 1. The maximum atomic E-state index is 2.53. The van der Waals surface area contributed by atoms with Gasteiger partial charge in [-0.15, -0.1) is 0 Å². The molecule has 1 nitrogen and oxygen atoms in total. The monoisotopic (exact) mass is 1060 g/mol. The van der Waals surface area contributed by atoms with E-state index in [0.29, 0.717) is 0 Å². The Morgan fingerprint density at radius 2 is 0.843 bits per heavy atom. The minimum Gasteiger partial charge on any atom is -0.309 e. The molecule has 0 saturated heterocycles. The van der Waals surface area contributed by atoms with Gasteiger partial charge in [0.1, 0.15) is 0 Å². The maximum Gasteiger partial charge on any atom is 0.0713 e. The van der Waals surface area contributed by atoms with Gasteiger partial charge >= 0.3 is 0 Å². The third-order valence-electron chi connectivity index (χ3n) is 18.2. The molecule has 2 aliphatic rings. The van der Waals surface area contributed by atoms with Crippen LogP contribution in [-0.4, -0.2) is 4.57 Å². The van der Waals surface area contributed by atoms with Crippen LogP contribution >= 0.6 is 0 Å². The van der Waals surface area contributed by atoms with Crippen molar-refractivity contribution < 1.29 is 0 Å². The summed E-state index contributed by atoms with van der Waals surface area (Å²) in [5.74, 6) is 0.139. The van der Waals surface area contributed by atoms with E-state index in [9.17, 15) is 0 Å². The fourth-order valence-corrected chi connectivity index (χ4v) is 14.5. The van der Waals surface area contributed by atoms with Crippen LogP contribution in [0, 0.1) is 0 Å². The average molecular weight is 1060 g/mol. The van der Waals surface area contributed by atoms with Gasteiger partial charge in [0.05, 0.1) is 16.4 Å². The highest BCUT2D eigenvalue weighted by Gasteiger charge is 2.47. The smallest absolute Gasteiger partial charge is 0.0713 e. The zero-order valence-corrected chi connectivity index (χ0v) is 45.9. The lowest BCUT2D eigenvalue weighted by Crippen LogP contribution is -2.28. The van der Waals surface area contributed by atoms with Crippen LogP contribution in [0.1, 0.15) is 67.5 Å². The van der Waals surface area contributed by atoms with Gasteiger partial charge in [0.2, 0.25) is 0 Å². The first-order valence-electron chi connectivity index (χ1n) is 29.2. The van der Waals surface area contributed by atoms with Crippen molar-refractivity contribution in [3.05, 3.63) is 377 Å². The summed E-state index contributed by atoms with van der Waals surface area (Å²) in [4.78, 5) is 0. The lowest BCUT2D eigenvalue weighted by molar-refractivity contribution is 0.768. The van der Waals surface area contributed by atoms with Crippen molar-refractivity contribution in [3.63, 3.8) is 0 Å². The van der Waals surface area contributed by atoms with Gasteiger partial charge in [-0.25, -0.2) is 0 Å². The topological polar surface area (TPSA) is 4.93 Å². The predicted octanol–water partition coefficient (Wildman–Crippen LogP) is 20.7. The number of fused-ring (bicyclic) bond motifs is 9. The Bertz CT molecular complexity index is 4670. The van der Waals surface area contributed by atoms with E-state index in [-0.39, 0.29) is 11.8 Å². The molecular weight excluding hydrogens is 999 g/mol. The molecule has 0 fully saturated rings. The molecule has 0 aliphatic heterocycles. The summed E-state index contributed by atoms with van der Waals surface area (Å²) in [5, 5.41) is 2.50. The summed E-state index contributed by atoms with van der Waals surface area (Å²) in [5.41, 5.74) is 28.8. The molecule has 1 heterocycles. The van der Waals surface area contributed by atoms with E-state index in [1.807, 2.05) is 0 Å². The molecule has 1 heteroatoms. The lowest BCUT2D eigenvalue weighted by Gasteiger charge is -2.34. The second kappa shape index (κ2) is 20.0. The molecule has 83 heavy (non-hydrogen) atoms. The first-order chi connectivity index (χ1) is 41.2. The van der Waals surface area contributed by atoms with E-state index in [1.54, 1.807) is 0 Å². The molecular formula is C82H57N. The standard InChI is InChI=1S/C82H57N/c1-6-21-55(22-7-1)57-37-41-59(42-38-57)74-52-64-51-62(69-33-20-35-77-81(69)73-32-16-18-34-76(73)82(77,65-27-12-4-13-28-65)66-29-14-5-15-30-66)45-48-68(64)70-50-47-67(54-75(70)74)83-78-36-19-17-31-71(78)72-49-46-63(53-79(72)83)80(60-25-10-3-11-26-60)61-43-39-58(40-44-61)56-23-8-2-9-24-56/h1-51,53-54,74,80H,52H2. The molecule has 0 N–H and O–H groups in total. The van der Waals surface area contributed by atoms with Crippen molar-refractivity contribution in [1.29, 1.82) is 0 Å². The van der Waals surface area contributed by atoms with E-state index < -0.39 is 5.41 Å². The number of aromatic nitrogens is 1. The third-order valence-corrected chi connectivity index (χ3v) is 18.2. The van der Waals surface area contributed by atoms with Crippen LogP contribution in [0.25, 0.3) is 83.1 Å².